The van der Waals surface area contributed by atoms with Crippen molar-refractivity contribution in [2.45, 2.75) is 6.54 Å². The highest BCUT2D eigenvalue weighted by atomic mass is 16.1. The van der Waals surface area contributed by atoms with Gasteiger partial charge in [0.2, 0.25) is 0 Å². The fourth-order valence-electron chi connectivity index (χ4n) is 2.62. The molecule has 1 aromatic carbocycles. The summed E-state index contributed by atoms with van der Waals surface area (Å²) in [5.74, 6) is 0.543. The van der Waals surface area contributed by atoms with Crippen molar-refractivity contribution in [1.29, 1.82) is 0 Å². The number of hydrogen-bond acceptors (Lipinski definition) is 4. The predicted molar refractivity (Wildman–Crippen MR) is 93.7 cm³/mol. The predicted octanol–water partition coefficient (Wildman–Crippen LogP) is 2.93. The van der Waals surface area contributed by atoms with E-state index < -0.39 is 0 Å². The third kappa shape index (κ3) is 2.65. The highest BCUT2D eigenvalue weighted by molar-refractivity contribution is 5.82. The number of nitrogens with one attached hydrogen (secondary N) is 3. The Morgan fingerprint density at radius 3 is 2.75 bits per heavy atom. The van der Waals surface area contributed by atoms with E-state index in [4.69, 9.17) is 0 Å². The van der Waals surface area contributed by atoms with Crippen LogP contribution in [0.2, 0.25) is 0 Å². The molecular weight excluding hydrogens is 302 g/mol. The van der Waals surface area contributed by atoms with Crippen LogP contribution >= 0.6 is 0 Å². The van der Waals surface area contributed by atoms with Crippen molar-refractivity contribution >= 4 is 16.7 Å². The third-order valence-corrected chi connectivity index (χ3v) is 3.77. The van der Waals surface area contributed by atoms with Crippen LogP contribution in [0.4, 0.5) is 5.69 Å². The maximum atomic E-state index is 12.4. The number of H-pyrrole nitrogens is 2. The molecule has 0 aliphatic heterocycles. The van der Waals surface area contributed by atoms with E-state index in [1.807, 2.05) is 48.5 Å². The van der Waals surface area contributed by atoms with Gasteiger partial charge in [0.15, 0.2) is 0 Å². The van der Waals surface area contributed by atoms with E-state index in [0.29, 0.717) is 23.6 Å². The van der Waals surface area contributed by atoms with Crippen LogP contribution < -0.4 is 10.9 Å². The Hall–Kier alpha value is -3.41. The highest BCUT2D eigenvalue weighted by Gasteiger charge is 2.14. The van der Waals surface area contributed by atoms with E-state index in [0.717, 1.165) is 16.7 Å². The number of para-hydroxylation sites is 2. The Bertz CT molecular complexity index is 1000. The number of aromatic amines is 2. The molecule has 6 heteroatoms. The summed E-state index contributed by atoms with van der Waals surface area (Å²) < 4.78 is 0. The SMILES string of the molecule is O=c1[nH]ccc(NCc2ccccn2)c1-c1nc2ccccc2[nH]1. The summed E-state index contributed by atoms with van der Waals surface area (Å²) in [6.07, 6.45) is 3.37. The van der Waals surface area contributed by atoms with Gasteiger partial charge in [0, 0.05) is 12.4 Å². The lowest BCUT2D eigenvalue weighted by Gasteiger charge is -2.09. The third-order valence-electron chi connectivity index (χ3n) is 3.77. The van der Waals surface area contributed by atoms with Gasteiger partial charge in [-0.3, -0.25) is 9.78 Å². The van der Waals surface area contributed by atoms with Gasteiger partial charge in [0.1, 0.15) is 11.4 Å². The second-order valence-electron chi connectivity index (χ2n) is 5.37. The Morgan fingerprint density at radius 1 is 1.04 bits per heavy atom. The first-order valence-corrected chi connectivity index (χ1v) is 7.62. The second kappa shape index (κ2) is 6.00. The van der Waals surface area contributed by atoms with E-state index in [1.54, 1.807) is 12.4 Å². The molecule has 0 fully saturated rings. The van der Waals surface area contributed by atoms with Crippen molar-refractivity contribution in [2.75, 3.05) is 5.32 Å². The average Bonchev–Trinajstić information content (AvgIpc) is 3.04. The molecule has 6 nitrogen and oxygen atoms in total. The van der Waals surface area contributed by atoms with Crippen LogP contribution in [0.3, 0.4) is 0 Å². The molecule has 0 bridgehead atoms. The molecule has 24 heavy (non-hydrogen) atoms. The van der Waals surface area contributed by atoms with Crippen LogP contribution in [-0.2, 0) is 6.54 Å². The van der Waals surface area contributed by atoms with E-state index in [-0.39, 0.29) is 5.56 Å². The lowest BCUT2D eigenvalue weighted by atomic mass is 10.2. The molecule has 0 saturated heterocycles. The molecule has 3 heterocycles. The summed E-state index contributed by atoms with van der Waals surface area (Å²) >= 11 is 0. The number of aromatic nitrogens is 4. The number of hydrogen-bond donors (Lipinski definition) is 3. The fraction of sp³-hybridized carbons (Fsp3) is 0.0556. The summed E-state index contributed by atoms with van der Waals surface area (Å²) in [7, 11) is 0. The van der Waals surface area contributed by atoms with Gasteiger partial charge in [-0.15, -0.1) is 0 Å². The minimum atomic E-state index is -0.194. The lowest BCUT2D eigenvalue weighted by Crippen LogP contribution is -2.13. The van der Waals surface area contributed by atoms with Gasteiger partial charge >= 0.3 is 0 Å². The van der Waals surface area contributed by atoms with Crippen LogP contribution in [0.25, 0.3) is 22.4 Å². The van der Waals surface area contributed by atoms with Crippen molar-refractivity contribution in [3.63, 3.8) is 0 Å². The Labute approximate surface area is 137 Å². The van der Waals surface area contributed by atoms with E-state index in [2.05, 4.69) is 25.3 Å². The molecule has 0 aliphatic carbocycles. The van der Waals surface area contributed by atoms with Gasteiger partial charge < -0.3 is 15.3 Å². The first-order chi connectivity index (χ1) is 11.8. The highest BCUT2D eigenvalue weighted by Crippen LogP contribution is 2.24. The molecule has 4 aromatic rings. The maximum Gasteiger partial charge on any atom is 0.261 e. The van der Waals surface area contributed by atoms with Crippen LogP contribution in [0.1, 0.15) is 5.69 Å². The first-order valence-electron chi connectivity index (χ1n) is 7.62. The zero-order valence-electron chi connectivity index (χ0n) is 12.8. The molecule has 0 spiro atoms. The molecule has 3 aromatic heterocycles. The quantitative estimate of drug-likeness (QED) is 0.540. The van der Waals surface area contributed by atoms with E-state index in [9.17, 15) is 4.79 Å². The molecule has 0 radical (unpaired) electrons. The zero-order chi connectivity index (χ0) is 16.4. The molecule has 0 atom stereocenters. The first kappa shape index (κ1) is 14.2. The lowest BCUT2D eigenvalue weighted by molar-refractivity contribution is 1.04. The molecule has 0 aliphatic rings. The van der Waals surface area contributed by atoms with Crippen molar-refractivity contribution < 1.29 is 0 Å². The van der Waals surface area contributed by atoms with Gasteiger partial charge in [-0.25, -0.2) is 4.98 Å². The number of benzene rings is 1. The standard InChI is InChI=1S/C18H15N5O/c24-18-16(17-22-13-6-1-2-7-14(13)23-17)15(8-10-20-18)21-11-12-5-3-4-9-19-12/h1-10H,11H2,(H,22,23)(H2,20,21,24). The Balaban J connectivity index is 1.73. The second-order valence-corrected chi connectivity index (χ2v) is 5.37. The normalized spacial score (nSPS) is 10.8. The smallest absolute Gasteiger partial charge is 0.261 e. The number of pyridine rings is 2. The Kier molecular flexibility index (Phi) is 3.55. The monoisotopic (exact) mass is 317 g/mol. The van der Waals surface area contributed by atoms with Crippen LogP contribution in [-0.4, -0.2) is 19.9 Å². The van der Waals surface area contributed by atoms with Crippen molar-refractivity contribution in [3.8, 4) is 11.4 Å². The molecule has 118 valence electrons. The van der Waals surface area contributed by atoms with Gasteiger partial charge in [-0.1, -0.05) is 18.2 Å². The molecule has 3 N–H and O–H groups in total. The number of imidazole rings is 1. The van der Waals surface area contributed by atoms with Crippen molar-refractivity contribution in [2.24, 2.45) is 0 Å². The van der Waals surface area contributed by atoms with Crippen LogP contribution in [0.15, 0.2) is 65.7 Å². The summed E-state index contributed by atoms with van der Waals surface area (Å²) in [6, 6.07) is 15.3. The molecule has 0 saturated carbocycles. The van der Waals surface area contributed by atoms with E-state index in [1.165, 1.54) is 0 Å². The van der Waals surface area contributed by atoms with Crippen LogP contribution in [0.5, 0.6) is 0 Å². The topological polar surface area (TPSA) is 86.5 Å². The number of fused-ring (bicyclic) bond motifs is 1. The number of anilines is 1. The van der Waals surface area contributed by atoms with Gasteiger partial charge in [0.25, 0.3) is 5.56 Å². The minimum absolute atomic E-state index is 0.194. The fourth-order valence-corrected chi connectivity index (χ4v) is 2.62. The maximum absolute atomic E-state index is 12.4. The molecular formula is C18H15N5O. The minimum Gasteiger partial charge on any atom is -0.379 e. The number of nitrogens with zero attached hydrogens (tertiary/aromatic N) is 2. The van der Waals surface area contributed by atoms with Crippen molar-refractivity contribution in [3.05, 3.63) is 77.0 Å². The molecule has 0 amide bonds. The molecule has 0 unspecified atom stereocenters. The van der Waals surface area contributed by atoms with Gasteiger partial charge in [-0.2, -0.15) is 0 Å². The summed E-state index contributed by atoms with van der Waals surface area (Å²) in [5, 5.41) is 3.27. The van der Waals surface area contributed by atoms with Gasteiger partial charge in [-0.05, 0) is 30.3 Å². The Morgan fingerprint density at radius 2 is 1.92 bits per heavy atom. The van der Waals surface area contributed by atoms with Gasteiger partial charge in [0.05, 0.1) is 29.0 Å². The van der Waals surface area contributed by atoms with Crippen molar-refractivity contribution in [1.82, 2.24) is 19.9 Å². The molecule has 4 rings (SSSR count). The number of rotatable bonds is 4. The van der Waals surface area contributed by atoms with Crippen LogP contribution in [0, 0.1) is 0 Å². The largest absolute Gasteiger partial charge is 0.379 e. The summed E-state index contributed by atoms with van der Waals surface area (Å²) in [5.41, 5.74) is 3.62. The summed E-state index contributed by atoms with van der Waals surface area (Å²) in [6.45, 7) is 0.525. The zero-order valence-corrected chi connectivity index (χ0v) is 12.8. The summed E-state index contributed by atoms with van der Waals surface area (Å²) in [4.78, 5) is 27.1. The van der Waals surface area contributed by atoms with E-state index >= 15 is 0 Å². The average molecular weight is 317 g/mol.